The number of carbonyl (C=O) groups is 1. The molecule has 0 aliphatic carbocycles. The predicted octanol–water partition coefficient (Wildman–Crippen LogP) is 1.48. The number of ether oxygens (including phenoxy) is 1. The van der Waals surface area contributed by atoms with Crippen LogP contribution in [-0.2, 0) is 16.1 Å². The van der Waals surface area contributed by atoms with Crippen LogP contribution in [0.25, 0.3) is 0 Å². The Morgan fingerprint density at radius 1 is 1.67 bits per heavy atom. The van der Waals surface area contributed by atoms with Crippen molar-refractivity contribution in [2.75, 3.05) is 26.7 Å². The van der Waals surface area contributed by atoms with E-state index in [4.69, 9.17) is 4.74 Å². The number of hydrogen-bond donors (Lipinski definition) is 1. The molecule has 1 saturated heterocycles. The number of carbonyl (C=O) groups excluding carboxylic acids is 1. The molecule has 1 unspecified atom stereocenters. The molecule has 1 fully saturated rings. The van der Waals surface area contributed by atoms with Crippen LogP contribution in [-0.4, -0.2) is 43.7 Å². The monoisotopic (exact) mass is 268 g/mol. The molecule has 18 heavy (non-hydrogen) atoms. The first-order valence-corrected chi connectivity index (χ1v) is 7.24. The maximum Gasteiger partial charge on any atom is 0.236 e. The minimum atomic E-state index is 0.140. The van der Waals surface area contributed by atoms with Gasteiger partial charge in [-0.05, 0) is 31.3 Å². The Kier molecular flexibility index (Phi) is 5.16. The topological polar surface area (TPSA) is 41.6 Å². The molecule has 1 aliphatic heterocycles. The van der Waals surface area contributed by atoms with Gasteiger partial charge < -0.3 is 15.0 Å². The zero-order chi connectivity index (χ0) is 12.8. The summed E-state index contributed by atoms with van der Waals surface area (Å²) in [5.41, 5.74) is 0. The number of hydrogen-bond acceptors (Lipinski definition) is 4. The molecule has 0 bridgehead atoms. The van der Waals surface area contributed by atoms with E-state index in [1.807, 2.05) is 16.3 Å². The molecule has 100 valence electrons. The lowest BCUT2D eigenvalue weighted by atomic mass is 10.2. The summed E-state index contributed by atoms with van der Waals surface area (Å²) in [5, 5.41) is 4.97. The highest BCUT2D eigenvalue weighted by Crippen LogP contribution is 2.17. The molecule has 0 aromatic carbocycles. The van der Waals surface area contributed by atoms with Crippen LogP contribution in [0.4, 0.5) is 0 Å². The van der Waals surface area contributed by atoms with Gasteiger partial charge in [0.15, 0.2) is 0 Å². The smallest absolute Gasteiger partial charge is 0.236 e. The molecule has 0 saturated carbocycles. The molecule has 1 aromatic heterocycles. The number of rotatable bonds is 6. The summed E-state index contributed by atoms with van der Waals surface area (Å²) in [6, 6.07) is 4.09. The fraction of sp³-hybridized carbons (Fsp3) is 0.615. The van der Waals surface area contributed by atoms with Crippen LogP contribution in [0.1, 0.15) is 17.7 Å². The second-order valence-corrected chi connectivity index (χ2v) is 5.55. The summed E-state index contributed by atoms with van der Waals surface area (Å²) in [4.78, 5) is 15.2. The highest BCUT2D eigenvalue weighted by Gasteiger charge is 2.22. The molecule has 1 aromatic rings. The fourth-order valence-corrected chi connectivity index (χ4v) is 2.86. The third-order valence-electron chi connectivity index (χ3n) is 3.06. The molecular weight excluding hydrogens is 248 g/mol. The van der Waals surface area contributed by atoms with Gasteiger partial charge >= 0.3 is 0 Å². The summed E-state index contributed by atoms with van der Waals surface area (Å²) in [7, 11) is 1.80. The maximum absolute atomic E-state index is 12.1. The van der Waals surface area contributed by atoms with Crippen molar-refractivity contribution < 1.29 is 9.53 Å². The van der Waals surface area contributed by atoms with Crippen LogP contribution in [0.5, 0.6) is 0 Å². The van der Waals surface area contributed by atoms with Crippen LogP contribution in [0, 0.1) is 0 Å². The van der Waals surface area contributed by atoms with E-state index < -0.39 is 0 Å². The quantitative estimate of drug-likeness (QED) is 0.849. The largest absolute Gasteiger partial charge is 0.376 e. The number of likely N-dealkylation sites (N-methyl/N-ethyl adjacent to an activating group) is 1. The van der Waals surface area contributed by atoms with E-state index in [-0.39, 0.29) is 12.0 Å². The first-order chi connectivity index (χ1) is 8.79. The van der Waals surface area contributed by atoms with Gasteiger partial charge in [0, 0.05) is 18.0 Å². The molecule has 2 heterocycles. The molecule has 0 spiro atoms. The van der Waals surface area contributed by atoms with E-state index in [1.165, 1.54) is 4.88 Å². The second kappa shape index (κ2) is 6.87. The van der Waals surface area contributed by atoms with Crippen LogP contribution in [0.2, 0.25) is 0 Å². The summed E-state index contributed by atoms with van der Waals surface area (Å²) in [6.45, 7) is 2.62. The van der Waals surface area contributed by atoms with Gasteiger partial charge in [0.25, 0.3) is 0 Å². The first kappa shape index (κ1) is 13.5. The van der Waals surface area contributed by atoms with Gasteiger partial charge in [-0.15, -0.1) is 11.3 Å². The van der Waals surface area contributed by atoms with Gasteiger partial charge in [0.2, 0.25) is 5.91 Å². The van der Waals surface area contributed by atoms with Crippen molar-refractivity contribution in [2.24, 2.45) is 0 Å². The number of nitrogens with one attached hydrogen (secondary N) is 1. The van der Waals surface area contributed by atoms with Crippen molar-refractivity contribution in [1.29, 1.82) is 0 Å². The van der Waals surface area contributed by atoms with E-state index in [9.17, 15) is 4.79 Å². The van der Waals surface area contributed by atoms with E-state index in [1.54, 1.807) is 18.4 Å². The Morgan fingerprint density at radius 3 is 3.17 bits per heavy atom. The van der Waals surface area contributed by atoms with Crippen LogP contribution in [0.3, 0.4) is 0 Å². The summed E-state index contributed by atoms with van der Waals surface area (Å²) >= 11 is 1.69. The normalized spacial score (nSPS) is 19.1. The number of amides is 1. The highest BCUT2D eigenvalue weighted by molar-refractivity contribution is 7.09. The van der Waals surface area contributed by atoms with Gasteiger partial charge in [-0.25, -0.2) is 0 Å². The van der Waals surface area contributed by atoms with E-state index in [0.29, 0.717) is 19.6 Å². The van der Waals surface area contributed by atoms with E-state index in [2.05, 4.69) is 11.4 Å². The zero-order valence-corrected chi connectivity index (χ0v) is 11.5. The number of nitrogens with zero attached hydrogens (tertiary/aromatic N) is 1. The lowest BCUT2D eigenvalue weighted by Crippen LogP contribution is -2.40. The lowest BCUT2D eigenvalue weighted by Gasteiger charge is -2.25. The second-order valence-electron chi connectivity index (χ2n) is 4.52. The summed E-state index contributed by atoms with van der Waals surface area (Å²) < 4.78 is 5.62. The van der Waals surface area contributed by atoms with Gasteiger partial charge in [-0.1, -0.05) is 6.07 Å². The van der Waals surface area contributed by atoms with Gasteiger partial charge in [-0.2, -0.15) is 0 Å². The van der Waals surface area contributed by atoms with Gasteiger partial charge in [0.05, 0.1) is 19.2 Å². The van der Waals surface area contributed by atoms with Crippen molar-refractivity contribution >= 4 is 17.2 Å². The SMILES string of the molecule is CNCC(=O)N(Cc1cccs1)CC1CCCO1. The van der Waals surface area contributed by atoms with Crippen molar-refractivity contribution in [1.82, 2.24) is 10.2 Å². The fourth-order valence-electron chi connectivity index (χ4n) is 2.14. The van der Waals surface area contributed by atoms with Crippen LogP contribution >= 0.6 is 11.3 Å². The van der Waals surface area contributed by atoms with Crippen molar-refractivity contribution in [3.05, 3.63) is 22.4 Å². The third kappa shape index (κ3) is 3.80. The Morgan fingerprint density at radius 2 is 2.56 bits per heavy atom. The predicted molar refractivity (Wildman–Crippen MR) is 72.6 cm³/mol. The Labute approximate surface area is 112 Å². The van der Waals surface area contributed by atoms with Crippen molar-refractivity contribution in [3.8, 4) is 0 Å². The molecule has 1 N–H and O–H groups in total. The average Bonchev–Trinajstić information content (AvgIpc) is 3.01. The van der Waals surface area contributed by atoms with Crippen LogP contribution < -0.4 is 5.32 Å². The van der Waals surface area contributed by atoms with Crippen LogP contribution in [0.15, 0.2) is 17.5 Å². The van der Waals surface area contributed by atoms with Crippen molar-refractivity contribution in [2.45, 2.75) is 25.5 Å². The van der Waals surface area contributed by atoms with Crippen molar-refractivity contribution in [3.63, 3.8) is 0 Å². The molecule has 0 radical (unpaired) electrons. The van der Waals surface area contributed by atoms with Gasteiger partial charge in [-0.3, -0.25) is 4.79 Å². The molecule has 5 heteroatoms. The third-order valence-corrected chi connectivity index (χ3v) is 3.92. The molecule has 1 amide bonds. The summed E-state index contributed by atoms with van der Waals surface area (Å²) in [5.74, 6) is 0.140. The Balaban J connectivity index is 1.94. The first-order valence-electron chi connectivity index (χ1n) is 6.36. The zero-order valence-electron chi connectivity index (χ0n) is 10.7. The maximum atomic E-state index is 12.1. The molecule has 1 aliphatic rings. The average molecular weight is 268 g/mol. The summed E-state index contributed by atoms with van der Waals surface area (Å²) in [6.07, 6.45) is 2.39. The number of thiophene rings is 1. The molecule has 2 rings (SSSR count). The molecular formula is C13H20N2O2S. The molecule has 4 nitrogen and oxygen atoms in total. The minimum Gasteiger partial charge on any atom is -0.376 e. The Bertz CT molecular complexity index is 361. The Hall–Kier alpha value is -0.910. The highest BCUT2D eigenvalue weighted by atomic mass is 32.1. The van der Waals surface area contributed by atoms with Gasteiger partial charge in [0.1, 0.15) is 0 Å². The van der Waals surface area contributed by atoms with E-state index >= 15 is 0 Å². The van der Waals surface area contributed by atoms with E-state index in [0.717, 1.165) is 19.4 Å². The standard InChI is InChI=1S/C13H20N2O2S/c1-14-8-13(16)15(9-11-4-2-6-17-11)10-12-5-3-7-18-12/h3,5,7,11,14H,2,4,6,8-10H2,1H3. The molecule has 1 atom stereocenters. The lowest BCUT2D eigenvalue weighted by molar-refractivity contribution is -0.132. The minimum absolute atomic E-state index is 0.140.